The van der Waals surface area contributed by atoms with Gasteiger partial charge < -0.3 is 21.5 Å². The fourth-order valence-corrected chi connectivity index (χ4v) is 5.66. The lowest BCUT2D eigenvalue weighted by atomic mass is 9.80. The third kappa shape index (κ3) is 12.1. The van der Waals surface area contributed by atoms with Crippen LogP contribution in [0.5, 0.6) is 0 Å². The van der Waals surface area contributed by atoms with Gasteiger partial charge in [-0.3, -0.25) is 24.6 Å². The van der Waals surface area contributed by atoms with E-state index in [9.17, 15) is 50.6 Å². The average Bonchev–Trinajstić information content (AvgIpc) is 2.97. The lowest BCUT2D eigenvalue weighted by Crippen LogP contribution is -2.59. The van der Waals surface area contributed by atoms with Crippen molar-refractivity contribution in [3.05, 3.63) is 35.9 Å². The van der Waals surface area contributed by atoms with E-state index in [1.807, 2.05) is 0 Å². The standard InChI is InChI=1S/C31H45F6N5O5/c1-17(2)24(39-28(46)30(32,33)34)26(44)22(23(38)20-13-9-6-10-14-20)21(43)16-42(15-19-11-7-5-8-12-19)41-27(45)25(18(3)4)40-29(47)31(35,36)37/h6,9-10,13-14,17-19,21-25,43H,5,7-8,11-12,15-16,38H2,1-4H3,(H,39,46)(H,40,47)(H,41,45)/t21-,22?,23?,24-,25-/m0/s1. The van der Waals surface area contributed by atoms with Crippen LogP contribution in [0.1, 0.15) is 71.4 Å². The van der Waals surface area contributed by atoms with Gasteiger partial charge >= 0.3 is 24.2 Å². The highest BCUT2D eigenvalue weighted by Crippen LogP contribution is 2.29. The van der Waals surface area contributed by atoms with Crippen LogP contribution in [-0.4, -0.2) is 77.2 Å². The number of carbonyl (C=O) groups excluding carboxylic acids is 4. The summed E-state index contributed by atoms with van der Waals surface area (Å²) in [5.41, 5.74) is 9.31. The molecule has 0 saturated heterocycles. The fourth-order valence-electron chi connectivity index (χ4n) is 5.66. The maximum Gasteiger partial charge on any atom is 0.471 e. The second-order valence-corrected chi connectivity index (χ2v) is 12.7. The van der Waals surface area contributed by atoms with Gasteiger partial charge in [0.2, 0.25) is 0 Å². The number of nitrogens with two attached hydrogens (primary N) is 1. The molecule has 2 rings (SSSR count). The first kappa shape index (κ1) is 39.9. The molecule has 16 heteroatoms. The minimum atomic E-state index is -5.29. The zero-order valence-corrected chi connectivity index (χ0v) is 26.8. The van der Waals surface area contributed by atoms with Crippen molar-refractivity contribution in [3.63, 3.8) is 0 Å². The van der Waals surface area contributed by atoms with Gasteiger partial charge in [0, 0.05) is 19.1 Å². The van der Waals surface area contributed by atoms with Gasteiger partial charge in [0.1, 0.15) is 6.04 Å². The van der Waals surface area contributed by atoms with Crippen LogP contribution in [0.4, 0.5) is 26.3 Å². The first-order valence-electron chi connectivity index (χ1n) is 15.6. The summed E-state index contributed by atoms with van der Waals surface area (Å²) in [6.45, 7) is 5.28. The number of carbonyl (C=O) groups is 4. The molecular formula is C31H45F6N5O5. The van der Waals surface area contributed by atoms with Crippen molar-refractivity contribution >= 4 is 23.5 Å². The molecule has 1 fully saturated rings. The molecule has 10 nitrogen and oxygen atoms in total. The number of amides is 3. The van der Waals surface area contributed by atoms with Crippen LogP contribution >= 0.6 is 0 Å². The number of rotatable bonds is 15. The molecule has 0 radical (unpaired) electrons. The molecule has 0 bridgehead atoms. The molecule has 3 amide bonds. The van der Waals surface area contributed by atoms with Crippen LogP contribution in [0.25, 0.3) is 0 Å². The quantitative estimate of drug-likeness (QED) is 0.140. The average molecular weight is 682 g/mol. The normalized spacial score (nSPS) is 17.9. The highest BCUT2D eigenvalue weighted by atomic mass is 19.4. The molecule has 1 aliphatic carbocycles. The highest BCUT2D eigenvalue weighted by molar-refractivity contribution is 5.93. The number of aliphatic hydroxyl groups is 1. The molecule has 47 heavy (non-hydrogen) atoms. The number of aliphatic hydroxyl groups excluding tert-OH is 1. The number of hydrogen-bond acceptors (Lipinski definition) is 7. The monoisotopic (exact) mass is 681 g/mol. The van der Waals surface area contributed by atoms with E-state index in [0.29, 0.717) is 5.56 Å². The van der Waals surface area contributed by atoms with Gasteiger partial charge in [-0.15, -0.1) is 0 Å². The van der Waals surface area contributed by atoms with E-state index in [0.717, 1.165) is 32.1 Å². The Morgan fingerprint density at radius 3 is 1.81 bits per heavy atom. The molecule has 2 unspecified atom stereocenters. The van der Waals surface area contributed by atoms with Gasteiger partial charge in [0.05, 0.1) is 18.1 Å². The topological polar surface area (TPSA) is 154 Å². The molecule has 0 aliphatic heterocycles. The van der Waals surface area contributed by atoms with Crippen molar-refractivity contribution in [1.29, 1.82) is 0 Å². The minimum Gasteiger partial charge on any atom is -0.391 e. The largest absolute Gasteiger partial charge is 0.471 e. The van der Waals surface area contributed by atoms with Crippen LogP contribution in [-0.2, 0) is 19.2 Å². The number of benzene rings is 1. The van der Waals surface area contributed by atoms with E-state index in [2.05, 4.69) is 5.43 Å². The number of Topliss-reactive ketones (excluding diaryl/α,β-unsaturated/α-hetero) is 1. The molecule has 0 heterocycles. The molecule has 0 spiro atoms. The van der Waals surface area contributed by atoms with E-state index in [1.165, 1.54) is 32.7 Å². The van der Waals surface area contributed by atoms with Crippen LogP contribution in [0, 0.1) is 23.7 Å². The molecule has 1 aromatic rings. The smallest absolute Gasteiger partial charge is 0.391 e. The molecule has 0 aromatic heterocycles. The number of nitrogens with zero attached hydrogens (tertiary/aromatic N) is 1. The third-order valence-electron chi connectivity index (χ3n) is 8.20. The summed E-state index contributed by atoms with van der Waals surface area (Å²) in [6.07, 6.45) is -8.07. The van der Waals surface area contributed by atoms with Gasteiger partial charge in [0.15, 0.2) is 5.78 Å². The van der Waals surface area contributed by atoms with Crippen molar-refractivity contribution in [1.82, 2.24) is 21.1 Å². The first-order chi connectivity index (χ1) is 21.7. The third-order valence-corrected chi connectivity index (χ3v) is 8.20. The number of hydrazine groups is 1. The van der Waals surface area contributed by atoms with Gasteiger partial charge in [-0.1, -0.05) is 77.3 Å². The van der Waals surface area contributed by atoms with Crippen LogP contribution < -0.4 is 21.8 Å². The Labute approximate surface area is 270 Å². The first-order valence-corrected chi connectivity index (χ1v) is 15.6. The van der Waals surface area contributed by atoms with Crippen molar-refractivity contribution < 1.29 is 50.6 Å². The Hall–Kier alpha value is -3.24. The Bertz CT molecular complexity index is 1190. The second-order valence-electron chi connectivity index (χ2n) is 12.7. The summed E-state index contributed by atoms with van der Waals surface area (Å²) < 4.78 is 78.5. The van der Waals surface area contributed by atoms with Gasteiger partial charge in [-0.05, 0) is 36.2 Å². The maximum absolute atomic E-state index is 13.9. The molecule has 1 saturated carbocycles. The van der Waals surface area contributed by atoms with E-state index in [4.69, 9.17) is 5.73 Å². The molecular weight excluding hydrogens is 636 g/mol. The molecule has 266 valence electrons. The minimum absolute atomic E-state index is 0.00930. The number of halogens is 6. The lowest BCUT2D eigenvalue weighted by molar-refractivity contribution is -0.175. The van der Waals surface area contributed by atoms with Crippen LogP contribution in [0.15, 0.2) is 30.3 Å². The Balaban J connectivity index is 2.47. The molecule has 5 atom stereocenters. The summed E-state index contributed by atoms with van der Waals surface area (Å²) in [5.74, 6) is -9.90. The summed E-state index contributed by atoms with van der Waals surface area (Å²) in [6, 6.07) is 3.36. The van der Waals surface area contributed by atoms with Gasteiger partial charge in [-0.2, -0.15) is 26.3 Å². The van der Waals surface area contributed by atoms with E-state index < -0.39 is 84.4 Å². The van der Waals surface area contributed by atoms with E-state index in [1.54, 1.807) is 41.0 Å². The predicted molar refractivity (Wildman–Crippen MR) is 160 cm³/mol. The summed E-state index contributed by atoms with van der Waals surface area (Å²) in [4.78, 5) is 50.7. The van der Waals surface area contributed by atoms with Crippen molar-refractivity contribution in [2.45, 2.75) is 96.4 Å². The summed E-state index contributed by atoms with van der Waals surface area (Å²) in [7, 11) is 0. The number of hydrogen-bond donors (Lipinski definition) is 5. The molecule has 6 N–H and O–H groups in total. The van der Waals surface area contributed by atoms with Crippen molar-refractivity contribution in [2.24, 2.45) is 29.4 Å². The zero-order valence-electron chi connectivity index (χ0n) is 26.8. The van der Waals surface area contributed by atoms with Gasteiger partial charge in [0.25, 0.3) is 5.91 Å². The maximum atomic E-state index is 13.9. The van der Waals surface area contributed by atoms with Crippen LogP contribution in [0.3, 0.4) is 0 Å². The van der Waals surface area contributed by atoms with Gasteiger partial charge in [-0.25, -0.2) is 5.01 Å². The Morgan fingerprint density at radius 2 is 1.34 bits per heavy atom. The zero-order chi connectivity index (χ0) is 35.7. The SMILES string of the molecule is CC(C)[C@H](NC(=O)C(F)(F)F)C(=O)NN(CC1CCCCC1)C[C@H](O)C(C(=O)[C@@H](NC(=O)C(F)(F)F)C(C)C)C(N)c1ccccc1. The molecule has 1 aromatic carbocycles. The predicted octanol–water partition coefficient (Wildman–Crippen LogP) is 3.55. The second kappa shape index (κ2) is 17.2. The summed E-state index contributed by atoms with van der Waals surface area (Å²) in [5, 5.41) is 16.2. The summed E-state index contributed by atoms with van der Waals surface area (Å²) >= 11 is 0. The Kier molecular flexibility index (Phi) is 14.7. The Morgan fingerprint density at radius 1 is 0.851 bits per heavy atom. The highest BCUT2D eigenvalue weighted by Gasteiger charge is 2.45. The number of alkyl halides is 6. The fraction of sp³-hybridized carbons (Fsp3) is 0.677. The number of ketones is 1. The lowest BCUT2D eigenvalue weighted by Gasteiger charge is -2.37. The van der Waals surface area contributed by atoms with Crippen LogP contribution in [0.2, 0.25) is 0 Å². The van der Waals surface area contributed by atoms with Crippen molar-refractivity contribution in [3.8, 4) is 0 Å². The van der Waals surface area contributed by atoms with E-state index in [-0.39, 0.29) is 12.5 Å². The van der Waals surface area contributed by atoms with E-state index >= 15 is 0 Å². The molecule has 1 aliphatic rings. The number of nitrogens with one attached hydrogen (secondary N) is 3. The van der Waals surface area contributed by atoms with Crippen molar-refractivity contribution in [2.75, 3.05) is 13.1 Å².